The highest BCUT2D eigenvalue weighted by molar-refractivity contribution is 5.76. The number of carboxylic acids is 1. The number of amides is 2. The van der Waals surface area contributed by atoms with Gasteiger partial charge in [-0.2, -0.15) is 0 Å². The van der Waals surface area contributed by atoms with E-state index in [-0.39, 0.29) is 18.5 Å². The normalized spacial score (nSPS) is 18.4. The van der Waals surface area contributed by atoms with Crippen LogP contribution in [0.2, 0.25) is 0 Å². The zero-order valence-corrected chi connectivity index (χ0v) is 13.1. The van der Waals surface area contributed by atoms with Crippen molar-refractivity contribution in [2.24, 2.45) is 23.7 Å². The summed E-state index contributed by atoms with van der Waals surface area (Å²) in [5.74, 6) is 0.00414. The molecule has 1 fully saturated rings. The fourth-order valence-electron chi connectivity index (χ4n) is 2.69. The molecule has 0 spiro atoms. The molecule has 0 radical (unpaired) electrons. The summed E-state index contributed by atoms with van der Waals surface area (Å²) in [5.41, 5.74) is 0. The van der Waals surface area contributed by atoms with Gasteiger partial charge in [-0.25, -0.2) is 4.79 Å². The largest absolute Gasteiger partial charge is 0.481 e. The van der Waals surface area contributed by atoms with Crippen LogP contribution < -0.4 is 5.32 Å². The molecule has 5 heteroatoms. The number of carbonyl (C=O) groups excluding carboxylic acids is 1. The Kier molecular flexibility index (Phi) is 6.30. The van der Waals surface area contributed by atoms with E-state index in [1.165, 1.54) is 0 Å². The van der Waals surface area contributed by atoms with E-state index in [9.17, 15) is 9.59 Å². The molecule has 1 heterocycles. The van der Waals surface area contributed by atoms with Gasteiger partial charge in [-0.15, -0.1) is 0 Å². The molecule has 1 atom stereocenters. The third-order valence-corrected chi connectivity index (χ3v) is 4.36. The lowest BCUT2D eigenvalue weighted by atomic mass is 9.87. The number of piperidine rings is 1. The van der Waals surface area contributed by atoms with Crippen molar-refractivity contribution in [3.05, 3.63) is 0 Å². The maximum Gasteiger partial charge on any atom is 0.317 e. The summed E-state index contributed by atoms with van der Waals surface area (Å²) in [4.78, 5) is 24.9. The molecule has 116 valence electrons. The Labute approximate surface area is 121 Å². The molecule has 1 aliphatic rings. The van der Waals surface area contributed by atoms with Crippen molar-refractivity contribution in [2.45, 2.75) is 40.5 Å². The summed E-state index contributed by atoms with van der Waals surface area (Å²) in [6, 6.07) is -0.126. The first-order chi connectivity index (χ1) is 9.32. The summed E-state index contributed by atoms with van der Waals surface area (Å²) < 4.78 is 0. The first kappa shape index (κ1) is 16.8. The molecule has 0 aromatic heterocycles. The highest BCUT2D eigenvalue weighted by Gasteiger charge is 2.26. The standard InChI is InChI=1S/C15H28N2O3/c1-10(2)12-5-7-17(8-6-12)15(20)16-9-13(11(3)4)14(18)19/h10-13H,5-9H2,1-4H3,(H,16,20)(H,18,19). The van der Waals surface area contributed by atoms with Gasteiger partial charge >= 0.3 is 12.0 Å². The van der Waals surface area contributed by atoms with E-state index in [0.717, 1.165) is 25.9 Å². The molecule has 2 amide bonds. The lowest BCUT2D eigenvalue weighted by Gasteiger charge is -2.34. The van der Waals surface area contributed by atoms with Gasteiger partial charge in [0, 0.05) is 19.6 Å². The summed E-state index contributed by atoms with van der Waals surface area (Å²) in [6.45, 7) is 9.91. The van der Waals surface area contributed by atoms with E-state index in [1.807, 2.05) is 13.8 Å². The van der Waals surface area contributed by atoms with E-state index in [2.05, 4.69) is 19.2 Å². The first-order valence-corrected chi connectivity index (χ1v) is 7.58. The average Bonchev–Trinajstić information content (AvgIpc) is 2.38. The van der Waals surface area contributed by atoms with Gasteiger partial charge in [0.2, 0.25) is 0 Å². The van der Waals surface area contributed by atoms with Crippen molar-refractivity contribution in [2.75, 3.05) is 19.6 Å². The Morgan fingerprint density at radius 3 is 2.15 bits per heavy atom. The first-order valence-electron chi connectivity index (χ1n) is 7.58. The molecule has 1 saturated heterocycles. The van der Waals surface area contributed by atoms with E-state index >= 15 is 0 Å². The topological polar surface area (TPSA) is 69.6 Å². The van der Waals surface area contributed by atoms with Crippen molar-refractivity contribution < 1.29 is 14.7 Å². The number of likely N-dealkylation sites (tertiary alicyclic amines) is 1. The Hall–Kier alpha value is -1.26. The molecule has 0 saturated carbocycles. The Balaban J connectivity index is 2.39. The minimum atomic E-state index is -0.848. The maximum absolute atomic E-state index is 12.0. The van der Waals surface area contributed by atoms with Gasteiger partial charge in [0.15, 0.2) is 0 Å². The van der Waals surface area contributed by atoms with E-state index in [4.69, 9.17) is 5.11 Å². The van der Waals surface area contributed by atoms with Crippen molar-refractivity contribution >= 4 is 12.0 Å². The van der Waals surface area contributed by atoms with E-state index < -0.39 is 11.9 Å². The monoisotopic (exact) mass is 284 g/mol. The summed E-state index contributed by atoms with van der Waals surface area (Å²) >= 11 is 0. The van der Waals surface area contributed by atoms with Crippen LogP contribution in [0.25, 0.3) is 0 Å². The van der Waals surface area contributed by atoms with E-state index in [0.29, 0.717) is 11.8 Å². The molecule has 1 aliphatic heterocycles. The second-order valence-electron chi connectivity index (χ2n) is 6.44. The van der Waals surface area contributed by atoms with Crippen molar-refractivity contribution in [1.82, 2.24) is 10.2 Å². The molecule has 1 unspecified atom stereocenters. The second kappa shape index (κ2) is 7.50. The molecular formula is C15H28N2O3. The zero-order valence-electron chi connectivity index (χ0n) is 13.1. The van der Waals surface area contributed by atoms with Gasteiger partial charge < -0.3 is 15.3 Å². The Morgan fingerprint density at radius 2 is 1.75 bits per heavy atom. The van der Waals surface area contributed by atoms with Crippen LogP contribution in [0.3, 0.4) is 0 Å². The minimum Gasteiger partial charge on any atom is -0.481 e. The Bertz CT molecular complexity index is 334. The lowest BCUT2D eigenvalue weighted by molar-refractivity contribution is -0.142. The van der Waals surface area contributed by atoms with Crippen LogP contribution in [0.15, 0.2) is 0 Å². The smallest absolute Gasteiger partial charge is 0.317 e. The highest BCUT2D eigenvalue weighted by atomic mass is 16.4. The number of nitrogens with one attached hydrogen (secondary N) is 1. The number of carbonyl (C=O) groups is 2. The minimum absolute atomic E-state index is 0.0134. The molecule has 20 heavy (non-hydrogen) atoms. The fourth-order valence-corrected chi connectivity index (χ4v) is 2.69. The van der Waals surface area contributed by atoms with Gasteiger partial charge in [-0.3, -0.25) is 4.79 Å². The summed E-state index contributed by atoms with van der Waals surface area (Å²) in [7, 11) is 0. The van der Waals surface area contributed by atoms with Crippen LogP contribution >= 0.6 is 0 Å². The Morgan fingerprint density at radius 1 is 1.20 bits per heavy atom. The lowest BCUT2D eigenvalue weighted by Crippen LogP contribution is -2.47. The number of rotatable bonds is 5. The molecule has 5 nitrogen and oxygen atoms in total. The number of aliphatic carboxylic acids is 1. The van der Waals surface area contributed by atoms with Crippen molar-refractivity contribution in [3.8, 4) is 0 Å². The van der Waals surface area contributed by atoms with Crippen molar-refractivity contribution in [1.29, 1.82) is 0 Å². The predicted octanol–water partition coefficient (Wildman–Crippen LogP) is 2.42. The highest BCUT2D eigenvalue weighted by Crippen LogP contribution is 2.24. The number of hydrogen-bond acceptors (Lipinski definition) is 2. The van der Waals surface area contributed by atoms with Crippen LogP contribution in [-0.4, -0.2) is 41.6 Å². The third kappa shape index (κ3) is 4.69. The molecular weight excluding hydrogens is 256 g/mol. The zero-order chi connectivity index (χ0) is 15.3. The molecule has 0 aliphatic carbocycles. The van der Waals surface area contributed by atoms with Crippen LogP contribution in [0, 0.1) is 23.7 Å². The predicted molar refractivity (Wildman–Crippen MR) is 78.5 cm³/mol. The van der Waals surface area contributed by atoms with Crippen LogP contribution in [0.1, 0.15) is 40.5 Å². The second-order valence-corrected chi connectivity index (χ2v) is 6.44. The van der Waals surface area contributed by atoms with Gasteiger partial charge in [-0.1, -0.05) is 27.7 Å². The summed E-state index contributed by atoms with van der Waals surface area (Å²) in [6.07, 6.45) is 2.08. The summed E-state index contributed by atoms with van der Waals surface area (Å²) in [5, 5.41) is 11.9. The molecule has 2 N–H and O–H groups in total. The van der Waals surface area contributed by atoms with Crippen molar-refractivity contribution in [3.63, 3.8) is 0 Å². The number of carboxylic acid groups (broad SMARTS) is 1. The fraction of sp³-hybridized carbons (Fsp3) is 0.867. The SMILES string of the molecule is CC(C)C1CCN(C(=O)NCC(C(=O)O)C(C)C)CC1. The van der Waals surface area contributed by atoms with Gasteiger partial charge in [0.1, 0.15) is 0 Å². The average molecular weight is 284 g/mol. The quantitative estimate of drug-likeness (QED) is 0.814. The van der Waals surface area contributed by atoms with Gasteiger partial charge in [-0.05, 0) is 30.6 Å². The maximum atomic E-state index is 12.0. The number of hydrogen-bond donors (Lipinski definition) is 2. The molecule has 0 bridgehead atoms. The molecule has 0 aromatic carbocycles. The van der Waals surface area contributed by atoms with Crippen LogP contribution in [-0.2, 0) is 4.79 Å². The van der Waals surface area contributed by atoms with Gasteiger partial charge in [0.05, 0.1) is 5.92 Å². The number of urea groups is 1. The van der Waals surface area contributed by atoms with E-state index in [1.54, 1.807) is 4.90 Å². The molecule has 0 aromatic rings. The van der Waals surface area contributed by atoms with Gasteiger partial charge in [0.25, 0.3) is 0 Å². The van der Waals surface area contributed by atoms with Crippen LogP contribution in [0.5, 0.6) is 0 Å². The third-order valence-electron chi connectivity index (χ3n) is 4.36. The van der Waals surface area contributed by atoms with Crippen LogP contribution in [0.4, 0.5) is 4.79 Å². The molecule has 1 rings (SSSR count). The number of nitrogens with zero attached hydrogens (tertiary/aromatic N) is 1.